The van der Waals surface area contributed by atoms with E-state index in [1.54, 1.807) is 19.4 Å². The van der Waals surface area contributed by atoms with Crippen molar-refractivity contribution >= 4 is 17.4 Å². The third kappa shape index (κ3) is 5.60. The second-order valence-electron chi connectivity index (χ2n) is 3.79. The van der Waals surface area contributed by atoms with Gasteiger partial charge < -0.3 is 21.1 Å². The molecule has 6 heteroatoms. The first-order chi connectivity index (χ1) is 8.76. The highest BCUT2D eigenvalue weighted by Crippen LogP contribution is 2.09. The number of hydrogen-bond acceptors (Lipinski definition) is 5. The molecule has 0 atom stereocenters. The Morgan fingerprint density at radius 1 is 1.50 bits per heavy atom. The van der Waals surface area contributed by atoms with Crippen molar-refractivity contribution in [2.24, 2.45) is 5.73 Å². The maximum Gasteiger partial charge on any atom is 0.226 e. The Morgan fingerprint density at radius 2 is 2.33 bits per heavy atom. The van der Waals surface area contributed by atoms with Crippen LogP contribution >= 0.6 is 0 Å². The minimum Gasteiger partial charge on any atom is -0.385 e. The van der Waals surface area contributed by atoms with Crippen molar-refractivity contribution in [1.29, 1.82) is 0 Å². The van der Waals surface area contributed by atoms with E-state index in [9.17, 15) is 4.79 Å². The van der Waals surface area contributed by atoms with Crippen LogP contribution in [0.2, 0.25) is 0 Å². The van der Waals surface area contributed by atoms with Crippen LogP contribution in [-0.2, 0) is 9.53 Å². The number of nitrogens with two attached hydrogens (primary N) is 1. The predicted octanol–water partition coefficient (Wildman–Crippen LogP) is 0.817. The fraction of sp³-hybridized carbons (Fsp3) is 0.500. The summed E-state index contributed by atoms with van der Waals surface area (Å²) >= 11 is 0. The van der Waals surface area contributed by atoms with Crippen LogP contribution in [-0.4, -0.2) is 37.7 Å². The summed E-state index contributed by atoms with van der Waals surface area (Å²) in [6, 6.07) is 3.63. The fourth-order valence-electron chi connectivity index (χ4n) is 1.36. The lowest BCUT2D eigenvalue weighted by atomic mass is 10.3. The van der Waals surface area contributed by atoms with Gasteiger partial charge in [0.05, 0.1) is 11.9 Å². The number of amides is 1. The largest absolute Gasteiger partial charge is 0.385 e. The molecule has 0 saturated heterocycles. The molecule has 0 spiro atoms. The number of ether oxygens (including phenoxy) is 1. The van der Waals surface area contributed by atoms with Crippen LogP contribution in [0.1, 0.15) is 12.8 Å². The zero-order valence-corrected chi connectivity index (χ0v) is 10.6. The van der Waals surface area contributed by atoms with Crippen molar-refractivity contribution in [1.82, 2.24) is 4.98 Å². The number of nitrogens with zero attached hydrogens (tertiary/aromatic N) is 1. The highest BCUT2D eigenvalue weighted by molar-refractivity contribution is 5.89. The summed E-state index contributed by atoms with van der Waals surface area (Å²) < 4.78 is 4.95. The smallest absolute Gasteiger partial charge is 0.226 e. The molecule has 1 amide bonds. The molecule has 1 aromatic rings. The first-order valence-electron chi connectivity index (χ1n) is 5.95. The number of carbonyl (C=O) groups excluding carboxylic acids is 1. The van der Waals surface area contributed by atoms with Crippen molar-refractivity contribution in [3.05, 3.63) is 18.3 Å². The van der Waals surface area contributed by atoms with Crippen LogP contribution in [0, 0.1) is 0 Å². The summed E-state index contributed by atoms with van der Waals surface area (Å²) in [6.07, 6.45) is 2.93. The van der Waals surface area contributed by atoms with Gasteiger partial charge >= 0.3 is 0 Å². The van der Waals surface area contributed by atoms with Gasteiger partial charge in [0.1, 0.15) is 5.82 Å². The van der Waals surface area contributed by atoms with E-state index < -0.39 is 0 Å². The van der Waals surface area contributed by atoms with Crippen molar-refractivity contribution in [2.45, 2.75) is 12.8 Å². The van der Waals surface area contributed by atoms with E-state index in [2.05, 4.69) is 15.6 Å². The highest BCUT2D eigenvalue weighted by atomic mass is 16.5. The number of methoxy groups -OCH3 is 1. The number of aromatic nitrogens is 1. The van der Waals surface area contributed by atoms with Crippen LogP contribution in [0.5, 0.6) is 0 Å². The fourth-order valence-corrected chi connectivity index (χ4v) is 1.36. The molecule has 6 nitrogen and oxygen atoms in total. The molecule has 0 aliphatic carbocycles. The summed E-state index contributed by atoms with van der Waals surface area (Å²) in [4.78, 5) is 15.4. The second kappa shape index (κ2) is 8.43. The van der Waals surface area contributed by atoms with Crippen LogP contribution < -0.4 is 16.4 Å². The zero-order chi connectivity index (χ0) is 13.2. The first-order valence-corrected chi connectivity index (χ1v) is 5.95. The molecule has 1 heterocycles. The lowest BCUT2D eigenvalue weighted by Crippen LogP contribution is -2.16. The minimum absolute atomic E-state index is 0.120. The predicted molar refractivity (Wildman–Crippen MR) is 71.5 cm³/mol. The number of rotatable bonds is 8. The minimum atomic E-state index is -0.120. The number of hydrogen-bond donors (Lipinski definition) is 3. The number of nitrogens with one attached hydrogen (secondary N) is 2. The molecular formula is C12H20N4O2. The lowest BCUT2D eigenvalue weighted by Gasteiger charge is -2.07. The number of carbonyl (C=O) groups is 1. The molecular weight excluding hydrogens is 232 g/mol. The third-order valence-corrected chi connectivity index (χ3v) is 2.26. The molecule has 0 aromatic carbocycles. The molecule has 0 unspecified atom stereocenters. The summed E-state index contributed by atoms with van der Waals surface area (Å²) in [5.74, 6) is 0.418. The van der Waals surface area contributed by atoms with E-state index in [4.69, 9.17) is 10.5 Å². The van der Waals surface area contributed by atoms with Gasteiger partial charge in [0.25, 0.3) is 0 Å². The normalized spacial score (nSPS) is 10.1. The number of pyridine rings is 1. The van der Waals surface area contributed by atoms with Crippen molar-refractivity contribution in [3.8, 4) is 0 Å². The zero-order valence-electron chi connectivity index (χ0n) is 10.6. The molecule has 1 rings (SSSR count). The van der Waals surface area contributed by atoms with Crippen molar-refractivity contribution in [2.75, 3.05) is 37.4 Å². The Morgan fingerprint density at radius 3 is 2.94 bits per heavy atom. The molecule has 0 aliphatic rings. The summed E-state index contributed by atoms with van der Waals surface area (Å²) in [5.41, 5.74) is 6.20. The van der Waals surface area contributed by atoms with Gasteiger partial charge in [-0.3, -0.25) is 4.79 Å². The van der Waals surface area contributed by atoms with Crippen LogP contribution in [0.3, 0.4) is 0 Å². The monoisotopic (exact) mass is 252 g/mol. The Hall–Kier alpha value is -1.66. The third-order valence-electron chi connectivity index (χ3n) is 2.26. The van der Waals surface area contributed by atoms with Gasteiger partial charge in [-0.1, -0.05) is 0 Å². The molecule has 0 bridgehead atoms. The van der Waals surface area contributed by atoms with Crippen LogP contribution in [0.25, 0.3) is 0 Å². The highest BCUT2D eigenvalue weighted by Gasteiger charge is 2.01. The standard InChI is InChI=1S/C12H20N4O2/c1-18-8-2-7-14-10-3-4-11(15-9-10)16-12(17)5-6-13/h3-4,9,14H,2,5-8,13H2,1H3,(H,15,16,17). The Balaban J connectivity index is 2.35. The quantitative estimate of drug-likeness (QED) is 0.596. The van der Waals surface area contributed by atoms with Gasteiger partial charge in [-0.25, -0.2) is 4.98 Å². The van der Waals surface area contributed by atoms with Gasteiger partial charge in [0.2, 0.25) is 5.91 Å². The van der Waals surface area contributed by atoms with E-state index >= 15 is 0 Å². The Bertz CT molecular complexity index is 354. The molecule has 0 saturated carbocycles. The average Bonchev–Trinajstić information content (AvgIpc) is 2.37. The van der Waals surface area contributed by atoms with E-state index in [1.807, 2.05) is 6.07 Å². The maximum atomic E-state index is 11.3. The van der Waals surface area contributed by atoms with Crippen LogP contribution in [0.4, 0.5) is 11.5 Å². The van der Waals surface area contributed by atoms with Gasteiger partial charge in [-0.2, -0.15) is 0 Å². The summed E-state index contributed by atoms with van der Waals surface area (Å²) in [7, 11) is 1.68. The maximum absolute atomic E-state index is 11.3. The van der Waals surface area contributed by atoms with Gasteiger partial charge in [-0.05, 0) is 18.6 Å². The van der Waals surface area contributed by atoms with Gasteiger partial charge in [0, 0.05) is 33.2 Å². The SMILES string of the molecule is COCCCNc1ccc(NC(=O)CCN)nc1. The lowest BCUT2D eigenvalue weighted by molar-refractivity contribution is -0.116. The molecule has 1 aromatic heterocycles. The second-order valence-corrected chi connectivity index (χ2v) is 3.79. The van der Waals surface area contributed by atoms with E-state index in [0.717, 1.165) is 25.3 Å². The van der Waals surface area contributed by atoms with Crippen molar-refractivity contribution in [3.63, 3.8) is 0 Å². The van der Waals surface area contributed by atoms with Gasteiger partial charge in [-0.15, -0.1) is 0 Å². The molecule has 0 aliphatic heterocycles. The molecule has 100 valence electrons. The van der Waals surface area contributed by atoms with E-state index in [1.165, 1.54) is 0 Å². The molecule has 4 N–H and O–H groups in total. The molecule has 0 radical (unpaired) electrons. The number of anilines is 2. The Kier molecular flexibility index (Phi) is 6.75. The van der Waals surface area contributed by atoms with Gasteiger partial charge in [0.15, 0.2) is 0 Å². The van der Waals surface area contributed by atoms with E-state index in [0.29, 0.717) is 18.8 Å². The summed E-state index contributed by atoms with van der Waals surface area (Å²) in [5, 5.41) is 5.88. The van der Waals surface area contributed by atoms with E-state index in [-0.39, 0.29) is 5.91 Å². The molecule has 18 heavy (non-hydrogen) atoms. The van der Waals surface area contributed by atoms with Crippen LogP contribution in [0.15, 0.2) is 18.3 Å². The Labute approximate surface area is 107 Å². The molecule has 0 fully saturated rings. The topological polar surface area (TPSA) is 89.3 Å². The van der Waals surface area contributed by atoms with Crippen molar-refractivity contribution < 1.29 is 9.53 Å². The average molecular weight is 252 g/mol. The first kappa shape index (κ1) is 14.4. The summed E-state index contributed by atoms with van der Waals surface area (Å²) in [6.45, 7) is 1.90.